The van der Waals surface area contributed by atoms with Gasteiger partial charge < -0.3 is 0 Å². The van der Waals surface area contributed by atoms with Crippen molar-refractivity contribution in [3.8, 4) is 0 Å². The Morgan fingerprint density at radius 2 is 0.909 bits per heavy atom. The summed E-state index contributed by atoms with van der Waals surface area (Å²) in [6.45, 7) is 10.1. The molecule has 4 bridgehead atoms. The standard InChI is InChI=1S/C20H28Si2/c1-21(2)13-17-8-10-18(11-9-17)14-22(3,4)16-20-7-5-6-19(12-20)15-21/h5-12H,13-16H2,1-4H3. The van der Waals surface area contributed by atoms with E-state index in [0.29, 0.717) is 0 Å². The van der Waals surface area contributed by atoms with Crippen molar-refractivity contribution in [2.75, 3.05) is 0 Å². The number of hydrogen-bond donors (Lipinski definition) is 0. The Kier molecular flexibility index (Phi) is 4.17. The van der Waals surface area contributed by atoms with Gasteiger partial charge in [0.15, 0.2) is 0 Å². The maximum absolute atomic E-state index is 2.53. The van der Waals surface area contributed by atoms with E-state index in [0.717, 1.165) is 0 Å². The van der Waals surface area contributed by atoms with Crippen molar-refractivity contribution < 1.29 is 0 Å². The molecule has 4 rings (SSSR count). The van der Waals surface area contributed by atoms with Gasteiger partial charge in [0.25, 0.3) is 0 Å². The molecular formula is C20H28Si2. The average Bonchev–Trinajstić information content (AvgIpc) is 2.39. The van der Waals surface area contributed by atoms with Gasteiger partial charge in [0.05, 0.1) is 16.1 Å². The topological polar surface area (TPSA) is 0 Å². The summed E-state index contributed by atoms with van der Waals surface area (Å²) in [5, 5.41) is 0. The minimum absolute atomic E-state index is 1.24. The van der Waals surface area contributed by atoms with E-state index in [1.807, 2.05) is 0 Å². The highest BCUT2D eigenvalue weighted by Gasteiger charge is 2.25. The van der Waals surface area contributed by atoms with Crippen LogP contribution < -0.4 is 0 Å². The monoisotopic (exact) mass is 324 g/mol. The second kappa shape index (κ2) is 5.82. The quantitative estimate of drug-likeness (QED) is 0.588. The third-order valence-electron chi connectivity index (χ3n) is 4.75. The van der Waals surface area contributed by atoms with E-state index in [1.165, 1.54) is 35.3 Å². The van der Waals surface area contributed by atoms with Crippen LogP contribution in [0.2, 0.25) is 26.2 Å². The summed E-state index contributed by atoms with van der Waals surface area (Å²) in [7, 11) is -2.48. The Morgan fingerprint density at radius 1 is 0.545 bits per heavy atom. The first-order chi connectivity index (χ1) is 10.3. The number of hydrogen-bond acceptors (Lipinski definition) is 0. The van der Waals surface area contributed by atoms with Gasteiger partial charge in [0.1, 0.15) is 0 Å². The van der Waals surface area contributed by atoms with Crippen molar-refractivity contribution in [2.45, 2.75) is 50.4 Å². The highest BCUT2D eigenvalue weighted by molar-refractivity contribution is 6.76. The van der Waals surface area contributed by atoms with Gasteiger partial charge in [-0.25, -0.2) is 0 Å². The van der Waals surface area contributed by atoms with Crippen LogP contribution in [0.5, 0.6) is 0 Å². The minimum Gasteiger partial charge on any atom is -0.0689 e. The summed E-state index contributed by atoms with van der Waals surface area (Å²) in [6, 6.07) is 24.2. The minimum atomic E-state index is -1.24. The predicted octanol–water partition coefficient (Wildman–Crippen LogP) is 5.14. The lowest BCUT2D eigenvalue weighted by atomic mass is 10.2. The summed E-state index contributed by atoms with van der Waals surface area (Å²) >= 11 is 0. The molecule has 116 valence electrons. The van der Waals surface area contributed by atoms with Crippen molar-refractivity contribution in [3.63, 3.8) is 0 Å². The Hall–Kier alpha value is -1.13. The molecule has 2 heteroatoms. The molecule has 2 heterocycles. The predicted molar refractivity (Wildman–Crippen MR) is 103 cm³/mol. The van der Waals surface area contributed by atoms with Crippen molar-refractivity contribution in [1.29, 1.82) is 0 Å². The number of rotatable bonds is 0. The van der Waals surface area contributed by atoms with Crippen molar-refractivity contribution in [3.05, 3.63) is 70.8 Å². The van der Waals surface area contributed by atoms with Crippen LogP contribution in [-0.4, -0.2) is 16.1 Å². The van der Waals surface area contributed by atoms with Crippen LogP contribution in [0.3, 0.4) is 0 Å². The van der Waals surface area contributed by atoms with Crippen molar-refractivity contribution in [2.24, 2.45) is 0 Å². The Bertz CT molecular complexity index is 599. The van der Waals surface area contributed by atoms with Gasteiger partial charge in [-0.05, 0) is 24.2 Å². The molecule has 0 aliphatic carbocycles. The lowest BCUT2D eigenvalue weighted by Gasteiger charge is -2.23. The maximum atomic E-state index is 2.53. The third-order valence-corrected chi connectivity index (χ3v) is 10.2. The van der Waals surface area contributed by atoms with Gasteiger partial charge in [0.2, 0.25) is 0 Å². The highest BCUT2D eigenvalue weighted by atomic mass is 28.3. The van der Waals surface area contributed by atoms with Crippen LogP contribution in [0, 0.1) is 0 Å². The lowest BCUT2D eigenvalue weighted by Crippen LogP contribution is -2.33. The molecule has 0 atom stereocenters. The second-order valence-corrected chi connectivity index (χ2v) is 18.7. The smallest absolute Gasteiger partial charge is 0.0561 e. The zero-order valence-corrected chi connectivity index (χ0v) is 16.4. The molecule has 2 aliphatic heterocycles. The van der Waals surface area contributed by atoms with E-state index in [2.05, 4.69) is 74.7 Å². The van der Waals surface area contributed by atoms with Gasteiger partial charge in [-0.3, -0.25) is 0 Å². The molecule has 0 unspecified atom stereocenters. The summed E-state index contributed by atoms with van der Waals surface area (Å²) in [5.74, 6) is 0. The molecule has 0 nitrogen and oxygen atoms in total. The van der Waals surface area contributed by atoms with Crippen molar-refractivity contribution >= 4 is 16.1 Å². The molecular weight excluding hydrogens is 296 g/mol. The molecule has 0 saturated heterocycles. The SMILES string of the molecule is C[Si]1(C)Cc2ccc(cc2)C[Si](C)(C)Cc2cccc(c2)C1. The van der Waals surface area contributed by atoms with Crippen LogP contribution in [0.4, 0.5) is 0 Å². The fourth-order valence-corrected chi connectivity index (χ4v) is 9.54. The molecule has 2 aromatic rings. The van der Waals surface area contributed by atoms with Crippen LogP contribution in [0.1, 0.15) is 22.3 Å². The molecule has 0 N–H and O–H groups in total. The summed E-state index contributed by atoms with van der Waals surface area (Å²) in [6.07, 6.45) is 0. The van der Waals surface area contributed by atoms with E-state index in [-0.39, 0.29) is 0 Å². The van der Waals surface area contributed by atoms with Crippen LogP contribution in [0.15, 0.2) is 48.5 Å². The Balaban J connectivity index is 2.03. The molecule has 0 fully saturated rings. The fourth-order valence-electron chi connectivity index (χ4n) is 3.96. The summed E-state index contributed by atoms with van der Waals surface area (Å²) < 4.78 is 0. The molecule has 2 aromatic carbocycles. The lowest BCUT2D eigenvalue weighted by molar-refractivity contribution is 1.19. The van der Waals surface area contributed by atoms with E-state index < -0.39 is 16.1 Å². The first-order valence-corrected chi connectivity index (χ1v) is 15.3. The fraction of sp³-hybridized carbons (Fsp3) is 0.400. The normalized spacial score (nSPS) is 19.8. The average molecular weight is 325 g/mol. The Morgan fingerprint density at radius 3 is 1.32 bits per heavy atom. The van der Waals surface area contributed by atoms with E-state index >= 15 is 0 Å². The van der Waals surface area contributed by atoms with Gasteiger partial charge in [-0.2, -0.15) is 0 Å². The Labute approximate surface area is 137 Å². The van der Waals surface area contributed by atoms with Crippen LogP contribution in [-0.2, 0) is 24.2 Å². The maximum Gasteiger partial charge on any atom is 0.0561 e. The molecule has 22 heavy (non-hydrogen) atoms. The van der Waals surface area contributed by atoms with Gasteiger partial charge >= 0.3 is 0 Å². The molecule has 0 aromatic heterocycles. The van der Waals surface area contributed by atoms with Crippen LogP contribution >= 0.6 is 0 Å². The molecule has 2 aliphatic rings. The van der Waals surface area contributed by atoms with E-state index in [4.69, 9.17) is 0 Å². The number of fused-ring (bicyclic) bond motifs is 6. The van der Waals surface area contributed by atoms with Gasteiger partial charge in [0, 0.05) is 0 Å². The molecule has 0 radical (unpaired) electrons. The highest BCUT2D eigenvalue weighted by Crippen LogP contribution is 2.23. The zero-order chi connectivity index (χ0) is 15.8. The second-order valence-electron chi connectivity index (χ2n) is 8.67. The van der Waals surface area contributed by atoms with E-state index in [9.17, 15) is 0 Å². The van der Waals surface area contributed by atoms with E-state index in [1.54, 1.807) is 11.1 Å². The first kappa shape index (κ1) is 15.8. The first-order valence-electron chi connectivity index (χ1n) is 8.47. The van der Waals surface area contributed by atoms with Gasteiger partial charge in [-0.1, -0.05) is 97.0 Å². The van der Waals surface area contributed by atoms with Gasteiger partial charge in [-0.15, -0.1) is 0 Å². The third kappa shape index (κ3) is 3.99. The van der Waals surface area contributed by atoms with Crippen molar-refractivity contribution in [1.82, 2.24) is 0 Å². The summed E-state index contributed by atoms with van der Waals surface area (Å²) in [5.41, 5.74) is 6.20. The summed E-state index contributed by atoms with van der Waals surface area (Å²) in [4.78, 5) is 0. The largest absolute Gasteiger partial charge is 0.0689 e. The van der Waals surface area contributed by atoms with Crippen LogP contribution in [0.25, 0.3) is 0 Å². The number of benzene rings is 2. The molecule has 0 spiro atoms. The molecule has 0 saturated carbocycles. The zero-order valence-electron chi connectivity index (χ0n) is 14.4. The molecule has 0 amide bonds.